The molecule has 2 heterocycles. The molecule has 0 unspecified atom stereocenters. The lowest BCUT2D eigenvalue weighted by molar-refractivity contribution is -0.155. The van der Waals surface area contributed by atoms with Crippen molar-refractivity contribution in [3.8, 4) is 10.6 Å². The van der Waals surface area contributed by atoms with Crippen molar-refractivity contribution >= 4 is 39.7 Å². The van der Waals surface area contributed by atoms with Crippen LogP contribution in [0.25, 0.3) is 10.6 Å². The predicted molar refractivity (Wildman–Crippen MR) is 101 cm³/mol. The molecule has 25 heavy (non-hydrogen) atoms. The third kappa shape index (κ3) is 5.89. The number of hydrogen-bond acceptors (Lipinski definition) is 7. The van der Waals surface area contributed by atoms with Gasteiger partial charge in [-0.2, -0.15) is 0 Å². The van der Waals surface area contributed by atoms with Crippen LogP contribution in [0.4, 0.5) is 5.13 Å². The fourth-order valence-corrected chi connectivity index (χ4v) is 3.81. The number of thiazole rings is 2. The number of ether oxygens (including phenoxy) is 1. The number of rotatable bonds is 6. The van der Waals surface area contributed by atoms with Gasteiger partial charge in [-0.05, 0) is 34.1 Å². The number of aryl methyl sites for hydroxylation is 2. The van der Waals surface area contributed by atoms with Crippen LogP contribution in [0.1, 0.15) is 51.2 Å². The van der Waals surface area contributed by atoms with Crippen LogP contribution in [0.15, 0.2) is 5.38 Å². The number of carbonyl (C=O) groups is 2. The van der Waals surface area contributed by atoms with Crippen molar-refractivity contribution in [1.29, 1.82) is 0 Å². The quantitative estimate of drug-likeness (QED) is 0.759. The summed E-state index contributed by atoms with van der Waals surface area (Å²) in [6.07, 6.45) is 1.02. The standard InChI is InChI=1S/C17H23N3O3S2/c1-6-13-19-11(9-24-13)15-10(2)18-16(25-15)20-12(21)7-8-14(22)23-17(3,4)5/h9H,6-8H2,1-5H3,(H,18,20,21). The zero-order valence-corrected chi connectivity index (χ0v) is 16.8. The molecule has 6 nitrogen and oxygen atoms in total. The van der Waals surface area contributed by atoms with Gasteiger partial charge in [0.15, 0.2) is 5.13 Å². The topological polar surface area (TPSA) is 81.2 Å². The molecule has 0 aromatic carbocycles. The number of nitrogens with zero attached hydrogens (tertiary/aromatic N) is 2. The summed E-state index contributed by atoms with van der Waals surface area (Å²) in [5.74, 6) is -0.632. The average molecular weight is 382 g/mol. The zero-order valence-electron chi connectivity index (χ0n) is 15.1. The van der Waals surface area contributed by atoms with E-state index in [0.29, 0.717) is 5.13 Å². The van der Waals surface area contributed by atoms with Crippen LogP contribution in [0, 0.1) is 6.92 Å². The van der Waals surface area contributed by atoms with E-state index in [9.17, 15) is 9.59 Å². The Morgan fingerprint density at radius 1 is 1.24 bits per heavy atom. The molecule has 2 aromatic rings. The first kappa shape index (κ1) is 19.5. The van der Waals surface area contributed by atoms with E-state index in [4.69, 9.17) is 4.74 Å². The van der Waals surface area contributed by atoms with Gasteiger partial charge in [-0.25, -0.2) is 9.97 Å². The van der Waals surface area contributed by atoms with Crippen molar-refractivity contribution in [1.82, 2.24) is 9.97 Å². The largest absolute Gasteiger partial charge is 0.460 e. The maximum Gasteiger partial charge on any atom is 0.306 e. The highest BCUT2D eigenvalue weighted by molar-refractivity contribution is 7.19. The van der Waals surface area contributed by atoms with Crippen LogP contribution in [-0.4, -0.2) is 27.4 Å². The lowest BCUT2D eigenvalue weighted by Gasteiger charge is -2.19. The van der Waals surface area contributed by atoms with Gasteiger partial charge in [-0.1, -0.05) is 18.3 Å². The summed E-state index contributed by atoms with van der Waals surface area (Å²) in [4.78, 5) is 33.6. The van der Waals surface area contributed by atoms with Gasteiger partial charge in [-0.3, -0.25) is 9.59 Å². The summed E-state index contributed by atoms with van der Waals surface area (Å²) < 4.78 is 5.19. The van der Waals surface area contributed by atoms with E-state index in [1.165, 1.54) is 11.3 Å². The Balaban J connectivity index is 1.93. The Bertz CT molecular complexity index is 760. The van der Waals surface area contributed by atoms with E-state index >= 15 is 0 Å². The van der Waals surface area contributed by atoms with Crippen molar-refractivity contribution in [2.45, 2.75) is 59.5 Å². The molecule has 0 saturated carbocycles. The minimum atomic E-state index is -0.542. The van der Waals surface area contributed by atoms with E-state index in [2.05, 4.69) is 22.2 Å². The first-order valence-electron chi connectivity index (χ1n) is 8.12. The molecule has 0 bridgehead atoms. The van der Waals surface area contributed by atoms with Gasteiger partial charge < -0.3 is 10.1 Å². The highest BCUT2D eigenvalue weighted by Crippen LogP contribution is 2.33. The Hall–Kier alpha value is -1.80. The SMILES string of the molecule is CCc1nc(-c2sc(NC(=O)CCC(=O)OC(C)(C)C)nc2C)cs1. The molecule has 2 rings (SSSR count). The monoisotopic (exact) mass is 381 g/mol. The molecule has 0 aliphatic rings. The first-order chi connectivity index (χ1) is 11.7. The molecule has 8 heteroatoms. The van der Waals surface area contributed by atoms with Gasteiger partial charge in [-0.15, -0.1) is 11.3 Å². The molecular formula is C17H23N3O3S2. The number of aromatic nitrogens is 2. The Morgan fingerprint density at radius 3 is 2.56 bits per heavy atom. The van der Waals surface area contributed by atoms with E-state index < -0.39 is 5.60 Å². The summed E-state index contributed by atoms with van der Waals surface area (Å²) in [6.45, 7) is 9.36. The fourth-order valence-electron chi connectivity index (χ4n) is 2.06. The van der Waals surface area contributed by atoms with Crippen molar-refractivity contribution in [2.24, 2.45) is 0 Å². The number of nitrogens with one attached hydrogen (secondary N) is 1. The molecule has 0 aliphatic heterocycles. The molecule has 0 spiro atoms. The third-order valence-electron chi connectivity index (χ3n) is 3.11. The lowest BCUT2D eigenvalue weighted by atomic mass is 10.2. The Morgan fingerprint density at radius 2 is 1.96 bits per heavy atom. The van der Waals surface area contributed by atoms with Crippen LogP contribution >= 0.6 is 22.7 Å². The summed E-state index contributed by atoms with van der Waals surface area (Å²) in [6, 6.07) is 0. The molecule has 0 saturated heterocycles. The minimum Gasteiger partial charge on any atom is -0.460 e. The number of carbonyl (C=O) groups excluding carboxylic acids is 2. The summed E-state index contributed by atoms with van der Waals surface area (Å²) >= 11 is 3.01. The van der Waals surface area contributed by atoms with E-state index in [-0.39, 0.29) is 24.7 Å². The van der Waals surface area contributed by atoms with E-state index in [1.54, 1.807) is 32.1 Å². The second kappa shape index (κ2) is 8.05. The minimum absolute atomic E-state index is 0.0479. The highest BCUT2D eigenvalue weighted by atomic mass is 32.1. The van der Waals surface area contributed by atoms with Crippen molar-refractivity contribution < 1.29 is 14.3 Å². The molecule has 0 atom stereocenters. The van der Waals surface area contributed by atoms with Crippen molar-refractivity contribution in [2.75, 3.05) is 5.32 Å². The molecule has 136 valence electrons. The van der Waals surface area contributed by atoms with Crippen LogP contribution in [-0.2, 0) is 20.7 Å². The smallest absolute Gasteiger partial charge is 0.306 e. The molecular weight excluding hydrogens is 358 g/mol. The van der Waals surface area contributed by atoms with E-state index in [0.717, 1.165) is 27.7 Å². The van der Waals surface area contributed by atoms with Crippen molar-refractivity contribution in [3.63, 3.8) is 0 Å². The van der Waals surface area contributed by atoms with Gasteiger partial charge >= 0.3 is 5.97 Å². The Labute approximate surface area is 155 Å². The zero-order chi connectivity index (χ0) is 18.6. The summed E-state index contributed by atoms with van der Waals surface area (Å²) in [5, 5.41) is 6.35. The maximum absolute atomic E-state index is 12.0. The van der Waals surface area contributed by atoms with Gasteiger partial charge in [0.05, 0.1) is 27.7 Å². The Kier molecular flexibility index (Phi) is 6.29. The fraction of sp³-hybridized carbons (Fsp3) is 0.529. The number of amides is 1. The van der Waals surface area contributed by atoms with Gasteiger partial charge in [0.25, 0.3) is 0 Å². The van der Waals surface area contributed by atoms with E-state index in [1.807, 2.05) is 12.3 Å². The molecule has 0 fully saturated rings. The lowest BCUT2D eigenvalue weighted by Crippen LogP contribution is -2.24. The molecule has 1 N–H and O–H groups in total. The summed E-state index contributed by atoms with van der Waals surface area (Å²) in [7, 11) is 0. The van der Waals surface area contributed by atoms with Gasteiger partial charge in [0, 0.05) is 11.8 Å². The van der Waals surface area contributed by atoms with Crippen LogP contribution < -0.4 is 5.32 Å². The molecule has 0 aliphatic carbocycles. The van der Waals surface area contributed by atoms with Crippen molar-refractivity contribution in [3.05, 3.63) is 16.1 Å². The van der Waals surface area contributed by atoms with Crippen LogP contribution in [0.3, 0.4) is 0 Å². The summed E-state index contributed by atoms with van der Waals surface area (Å²) in [5.41, 5.74) is 1.19. The van der Waals surface area contributed by atoms with Gasteiger partial charge in [0.1, 0.15) is 5.60 Å². The maximum atomic E-state index is 12.0. The van der Waals surface area contributed by atoms with Crippen LogP contribution in [0.2, 0.25) is 0 Å². The number of esters is 1. The second-order valence-corrected chi connectivity index (χ2v) is 8.49. The number of hydrogen-bond donors (Lipinski definition) is 1. The molecule has 2 aromatic heterocycles. The molecule has 1 amide bonds. The predicted octanol–water partition coefficient (Wildman–Crippen LogP) is 4.20. The molecule has 0 radical (unpaired) electrons. The number of anilines is 1. The third-order valence-corrected chi connectivity index (χ3v) is 5.19. The average Bonchev–Trinajstić information content (AvgIpc) is 3.09. The highest BCUT2D eigenvalue weighted by Gasteiger charge is 2.18. The van der Waals surface area contributed by atoms with Gasteiger partial charge in [0.2, 0.25) is 5.91 Å². The second-order valence-electron chi connectivity index (χ2n) is 6.55. The first-order valence-corrected chi connectivity index (χ1v) is 9.81. The van der Waals surface area contributed by atoms with Crippen LogP contribution in [0.5, 0.6) is 0 Å². The normalized spacial score (nSPS) is 11.4.